The van der Waals surface area contributed by atoms with Gasteiger partial charge in [0.05, 0.1) is 34.4 Å². The minimum Gasteiger partial charge on any atom is -0.477 e. The van der Waals surface area contributed by atoms with Gasteiger partial charge in [-0.05, 0) is 103 Å². The molecule has 0 fully saturated rings. The Balaban J connectivity index is 4.18. The average molecular weight is 1160 g/mol. The van der Waals surface area contributed by atoms with Gasteiger partial charge >= 0.3 is 17.9 Å². The van der Waals surface area contributed by atoms with Crippen molar-refractivity contribution in [3.63, 3.8) is 0 Å². The van der Waals surface area contributed by atoms with Crippen LogP contribution in [0.25, 0.3) is 0 Å². The Morgan fingerprint density at radius 3 is 1.02 bits per heavy atom. The first-order chi connectivity index (χ1) is 40.6. The molecule has 476 valence electrons. The van der Waals surface area contributed by atoms with E-state index in [9.17, 15) is 19.5 Å². The third-order valence-electron chi connectivity index (χ3n) is 14.5. The zero-order valence-electron chi connectivity index (χ0n) is 54.3. The van der Waals surface area contributed by atoms with Crippen molar-refractivity contribution in [2.45, 2.75) is 296 Å². The molecule has 9 heteroatoms. The SMILES string of the molecule is CC/C=C\C/C=C\C/C=C\C/C=C\C/C=C\C/C=C\C/C=C\CCCCCCCC(=O)OC(COC(=O)CCCCCCCCCCCCCCCCCCCCC/C=C\C/C=C\CCCCCCC)COC(OCC[N+](C)(C)C)C(=O)O. The number of hydrogen-bond acceptors (Lipinski definition) is 7. The second kappa shape index (κ2) is 64.0. The largest absolute Gasteiger partial charge is 0.477 e. The molecule has 0 heterocycles. The maximum Gasteiger partial charge on any atom is 0.361 e. The summed E-state index contributed by atoms with van der Waals surface area (Å²) < 4.78 is 22.9. The molecule has 0 rings (SSSR count). The number of unbranched alkanes of at least 4 members (excludes halogenated alkanes) is 29. The summed E-state index contributed by atoms with van der Waals surface area (Å²) in [6, 6.07) is 0. The molecule has 0 bridgehead atoms. The smallest absolute Gasteiger partial charge is 0.361 e. The molecule has 0 aliphatic carbocycles. The molecule has 2 unspecified atom stereocenters. The van der Waals surface area contributed by atoms with Gasteiger partial charge in [-0.15, -0.1) is 0 Å². The van der Waals surface area contributed by atoms with E-state index in [2.05, 4.69) is 123 Å². The predicted octanol–water partition coefficient (Wildman–Crippen LogP) is 21.0. The molecule has 9 nitrogen and oxygen atoms in total. The number of allylic oxidation sites excluding steroid dienone is 18. The molecule has 0 saturated heterocycles. The Morgan fingerprint density at radius 1 is 0.373 bits per heavy atom. The van der Waals surface area contributed by atoms with Crippen molar-refractivity contribution in [2.24, 2.45) is 0 Å². The minimum absolute atomic E-state index is 0.179. The van der Waals surface area contributed by atoms with E-state index in [1.165, 1.54) is 148 Å². The molecule has 0 aliphatic heterocycles. The van der Waals surface area contributed by atoms with Gasteiger partial charge in [0, 0.05) is 12.8 Å². The van der Waals surface area contributed by atoms with Crippen LogP contribution in [0, 0.1) is 0 Å². The number of nitrogens with zero attached hydrogens (tertiary/aromatic N) is 1. The highest BCUT2D eigenvalue weighted by Gasteiger charge is 2.25. The summed E-state index contributed by atoms with van der Waals surface area (Å²) in [5, 5.41) is 9.74. The number of rotatable bonds is 62. The van der Waals surface area contributed by atoms with E-state index in [4.69, 9.17) is 18.9 Å². The molecular formula is C74H128NO8+. The summed E-state index contributed by atoms with van der Waals surface area (Å²) in [6.07, 6.45) is 86.2. The van der Waals surface area contributed by atoms with Gasteiger partial charge in [0.25, 0.3) is 6.29 Å². The van der Waals surface area contributed by atoms with Gasteiger partial charge in [-0.25, -0.2) is 4.79 Å². The lowest BCUT2D eigenvalue weighted by molar-refractivity contribution is -0.870. The molecule has 0 aliphatic rings. The van der Waals surface area contributed by atoms with Crippen molar-refractivity contribution >= 4 is 17.9 Å². The predicted molar refractivity (Wildman–Crippen MR) is 355 cm³/mol. The van der Waals surface area contributed by atoms with Crippen molar-refractivity contribution in [3.8, 4) is 0 Å². The van der Waals surface area contributed by atoms with Crippen molar-refractivity contribution < 1.29 is 42.9 Å². The van der Waals surface area contributed by atoms with Crippen molar-refractivity contribution in [1.82, 2.24) is 0 Å². The molecule has 0 spiro atoms. The molecule has 0 aromatic carbocycles. The third kappa shape index (κ3) is 65.3. The van der Waals surface area contributed by atoms with Crippen LogP contribution in [-0.2, 0) is 33.3 Å². The minimum atomic E-state index is -1.52. The van der Waals surface area contributed by atoms with Gasteiger partial charge in [0.2, 0.25) is 0 Å². The highest BCUT2D eigenvalue weighted by Crippen LogP contribution is 2.17. The summed E-state index contributed by atoms with van der Waals surface area (Å²) >= 11 is 0. The molecule has 2 atom stereocenters. The molecule has 0 saturated carbocycles. The summed E-state index contributed by atoms with van der Waals surface area (Å²) in [5.41, 5.74) is 0. The first kappa shape index (κ1) is 79.0. The van der Waals surface area contributed by atoms with Gasteiger partial charge in [-0.1, -0.05) is 277 Å². The van der Waals surface area contributed by atoms with Crippen molar-refractivity contribution in [3.05, 3.63) is 109 Å². The molecule has 83 heavy (non-hydrogen) atoms. The van der Waals surface area contributed by atoms with Crippen LogP contribution in [0.5, 0.6) is 0 Å². The summed E-state index contributed by atoms with van der Waals surface area (Å²) in [4.78, 5) is 37.6. The van der Waals surface area contributed by atoms with E-state index in [-0.39, 0.29) is 32.2 Å². The van der Waals surface area contributed by atoms with Crippen LogP contribution in [0.15, 0.2) is 109 Å². The second-order valence-electron chi connectivity index (χ2n) is 23.7. The van der Waals surface area contributed by atoms with Crippen LogP contribution >= 0.6 is 0 Å². The van der Waals surface area contributed by atoms with Gasteiger partial charge in [0.15, 0.2) is 6.10 Å². The lowest BCUT2D eigenvalue weighted by atomic mass is 10.0. The fourth-order valence-electron chi connectivity index (χ4n) is 9.32. The van der Waals surface area contributed by atoms with Gasteiger partial charge in [-0.2, -0.15) is 0 Å². The summed E-state index contributed by atoms with van der Waals surface area (Å²) in [6.45, 7) is 4.74. The zero-order valence-corrected chi connectivity index (χ0v) is 54.3. The number of quaternary nitrogens is 1. The summed E-state index contributed by atoms with van der Waals surface area (Å²) in [5.74, 6) is -2.03. The number of likely N-dealkylation sites (N-methyl/N-ethyl adjacent to an activating group) is 1. The standard InChI is InChI=1S/C74H127NO8/c1-6-8-10-12-14-16-18-20-22-24-26-28-30-32-34-35-36-37-39-40-42-44-46-48-50-52-54-56-58-60-62-64-71(76)81-68-70(69-82-74(73(78)79)80-67-66-75(3,4)5)83-72(77)65-63-61-59-57-55-53-51-49-47-45-43-41-38-33-31-29-27-25-23-21-19-17-15-13-11-9-7-2/h9,11,15,17-18,20-21,23-24,26-27,29,33,38,43,45,49,51,70,74H,6-8,10,12-14,16,19,22,25,28,30-32,34-37,39-42,44,46-48,50,52-69H2,1-5H3/p+1/b11-9-,17-15-,20-18-,23-21-,26-24-,29-27-,38-33-,45-43-,51-49-. The number of aliphatic carboxylic acids is 1. The van der Waals surface area contributed by atoms with Crippen LogP contribution in [0.1, 0.15) is 284 Å². The molecule has 1 N–H and O–H groups in total. The van der Waals surface area contributed by atoms with Gasteiger partial charge < -0.3 is 28.5 Å². The molecule has 0 aromatic rings. The second-order valence-corrected chi connectivity index (χ2v) is 23.7. The lowest BCUT2D eigenvalue weighted by Gasteiger charge is -2.25. The number of carboxylic acid groups (broad SMARTS) is 1. The van der Waals surface area contributed by atoms with Crippen molar-refractivity contribution in [2.75, 3.05) is 47.5 Å². The van der Waals surface area contributed by atoms with Crippen LogP contribution in [0.2, 0.25) is 0 Å². The maximum absolute atomic E-state index is 12.9. The van der Waals surface area contributed by atoms with Gasteiger partial charge in [-0.3, -0.25) is 9.59 Å². The number of carbonyl (C=O) groups excluding carboxylic acids is 2. The van der Waals surface area contributed by atoms with Crippen LogP contribution in [-0.4, -0.2) is 87.4 Å². The number of hydrogen-bond donors (Lipinski definition) is 1. The quantitative estimate of drug-likeness (QED) is 0.0211. The Hall–Kier alpha value is -4.05. The van der Waals surface area contributed by atoms with E-state index in [1.807, 2.05) is 21.1 Å². The summed E-state index contributed by atoms with van der Waals surface area (Å²) in [7, 11) is 5.97. The van der Waals surface area contributed by atoms with Crippen LogP contribution < -0.4 is 0 Å². The molecule has 0 amide bonds. The molecule has 0 radical (unpaired) electrons. The third-order valence-corrected chi connectivity index (χ3v) is 14.5. The van der Waals surface area contributed by atoms with E-state index >= 15 is 0 Å². The fourth-order valence-corrected chi connectivity index (χ4v) is 9.32. The van der Waals surface area contributed by atoms with E-state index in [0.29, 0.717) is 23.9 Å². The highest BCUT2D eigenvalue weighted by atomic mass is 16.7. The van der Waals surface area contributed by atoms with Crippen LogP contribution in [0.4, 0.5) is 0 Å². The van der Waals surface area contributed by atoms with Crippen LogP contribution in [0.3, 0.4) is 0 Å². The van der Waals surface area contributed by atoms with E-state index < -0.39 is 24.3 Å². The Morgan fingerprint density at radius 2 is 0.687 bits per heavy atom. The fraction of sp³-hybridized carbons (Fsp3) is 0.716. The monoisotopic (exact) mass is 1160 g/mol. The average Bonchev–Trinajstić information content (AvgIpc) is 3.46. The topological polar surface area (TPSA) is 108 Å². The van der Waals surface area contributed by atoms with E-state index in [1.54, 1.807) is 0 Å². The lowest BCUT2D eigenvalue weighted by Crippen LogP contribution is -2.40. The first-order valence-electron chi connectivity index (χ1n) is 34.1. The molecule has 0 aromatic heterocycles. The van der Waals surface area contributed by atoms with E-state index in [0.717, 1.165) is 103 Å². The zero-order chi connectivity index (χ0) is 60.5. The maximum atomic E-state index is 12.9. The number of carbonyl (C=O) groups is 3. The number of ether oxygens (including phenoxy) is 4. The van der Waals surface area contributed by atoms with Gasteiger partial charge in [0.1, 0.15) is 13.2 Å². The number of esters is 2. The Labute approximate surface area is 511 Å². The first-order valence-corrected chi connectivity index (χ1v) is 34.1. The number of carboxylic acids is 1. The molecular weight excluding hydrogens is 1030 g/mol. The normalized spacial score (nSPS) is 13.4. The Bertz CT molecular complexity index is 1730. The highest BCUT2D eigenvalue weighted by molar-refractivity contribution is 5.71. The van der Waals surface area contributed by atoms with Crippen molar-refractivity contribution in [1.29, 1.82) is 0 Å². The Kier molecular flexibility index (Phi) is 60.8.